The van der Waals surface area contributed by atoms with Crippen LogP contribution < -0.4 is 0 Å². The molecule has 0 unspecified atom stereocenters. The predicted molar refractivity (Wildman–Crippen MR) is 43.9 cm³/mol. The second-order valence-corrected chi connectivity index (χ2v) is 4.22. The zero-order valence-electron chi connectivity index (χ0n) is 10.7. The highest BCUT2D eigenvalue weighted by molar-refractivity contribution is 4.99. The number of rotatable bonds is 7. The first-order valence-corrected chi connectivity index (χ1v) is 5.16. The third kappa shape index (κ3) is 3.56. The summed E-state index contributed by atoms with van der Waals surface area (Å²) in [6.07, 6.45) is -22.6. The van der Waals surface area contributed by atoms with Gasteiger partial charge in [0.25, 0.3) is 0 Å². The Morgan fingerprint density at radius 2 is 0.840 bits per heavy atom. The Morgan fingerprint density at radius 3 is 1.12 bits per heavy atom. The summed E-state index contributed by atoms with van der Waals surface area (Å²) < 4.78 is 187. The highest BCUT2D eigenvalue weighted by atomic mass is 19.4. The molecule has 0 amide bonds. The molecule has 0 atom stereocenters. The summed E-state index contributed by atoms with van der Waals surface area (Å²) in [6.45, 7) is -3.18. The van der Waals surface area contributed by atoms with E-state index in [4.69, 9.17) is 5.11 Å². The molecule has 152 valence electrons. The van der Waals surface area contributed by atoms with Gasteiger partial charge in [-0.2, -0.15) is 65.9 Å². The Morgan fingerprint density at radius 1 is 0.520 bits per heavy atom. The van der Waals surface area contributed by atoms with Crippen LogP contribution in [0.1, 0.15) is 0 Å². The third-order valence-electron chi connectivity index (χ3n) is 2.40. The maximum Gasteiger partial charge on any atom is 0.460 e. The van der Waals surface area contributed by atoms with Crippen LogP contribution >= 0.6 is 0 Å². The average Bonchev–Trinajstić information content (AvgIpc) is 2.35. The Labute approximate surface area is 126 Å². The molecule has 0 heterocycles. The Hall–Kier alpha value is -1.13. The molecule has 0 spiro atoms. The van der Waals surface area contributed by atoms with Crippen LogP contribution in [0.4, 0.5) is 65.9 Å². The standard InChI is InChI=1S/C8H3F15O2/c9-2(10,1-24)3(11,12)7(20,21)25-8(22,23)5(15,16)4(13,14)6(17,18)19/h24H,1H2. The van der Waals surface area contributed by atoms with Gasteiger partial charge in [-0.3, -0.25) is 0 Å². The molecule has 0 aromatic heterocycles. The summed E-state index contributed by atoms with van der Waals surface area (Å²) in [5, 5.41) is 7.76. The van der Waals surface area contributed by atoms with E-state index in [-0.39, 0.29) is 0 Å². The number of aliphatic hydroxyl groups excluding tert-OH is 1. The molecule has 0 aromatic carbocycles. The predicted octanol–water partition coefficient (Wildman–Crippen LogP) is 4.28. The number of ether oxygens (including phenoxy) is 1. The third-order valence-corrected chi connectivity index (χ3v) is 2.40. The largest absolute Gasteiger partial charge is 0.460 e. The minimum atomic E-state index is -7.91. The summed E-state index contributed by atoms with van der Waals surface area (Å²) in [4.78, 5) is 0. The van der Waals surface area contributed by atoms with Crippen molar-refractivity contribution < 1.29 is 75.7 Å². The Kier molecular flexibility index (Phi) is 5.68. The second kappa shape index (κ2) is 5.95. The lowest BCUT2D eigenvalue weighted by Gasteiger charge is -2.37. The van der Waals surface area contributed by atoms with Gasteiger partial charge in [0.05, 0.1) is 0 Å². The number of hydrogen-bond acceptors (Lipinski definition) is 2. The van der Waals surface area contributed by atoms with E-state index >= 15 is 0 Å². The van der Waals surface area contributed by atoms with E-state index in [1.54, 1.807) is 0 Å². The summed E-state index contributed by atoms with van der Waals surface area (Å²) in [6, 6.07) is 0. The average molecular weight is 416 g/mol. The lowest BCUT2D eigenvalue weighted by Crippen LogP contribution is -2.66. The van der Waals surface area contributed by atoms with Crippen molar-refractivity contribution in [3.63, 3.8) is 0 Å². The SMILES string of the molecule is OCC(F)(F)C(F)(F)C(F)(F)OC(F)(F)C(F)(F)C(F)(F)C(F)(F)F. The van der Waals surface area contributed by atoms with E-state index in [0.29, 0.717) is 0 Å². The van der Waals surface area contributed by atoms with Crippen LogP contribution in [0, 0.1) is 0 Å². The minimum absolute atomic E-state index is 1.29. The first-order chi connectivity index (χ1) is 10.5. The van der Waals surface area contributed by atoms with Crippen molar-refractivity contribution in [2.75, 3.05) is 6.61 Å². The number of aliphatic hydroxyl groups is 1. The molecule has 0 saturated heterocycles. The van der Waals surface area contributed by atoms with Crippen LogP contribution in [0.15, 0.2) is 0 Å². The number of halogens is 15. The van der Waals surface area contributed by atoms with Crippen LogP contribution in [-0.4, -0.2) is 53.8 Å². The normalized spacial score (nSPS) is 16.3. The summed E-state index contributed by atoms with van der Waals surface area (Å²) in [5.74, 6) is -29.2. The molecular weight excluding hydrogens is 413 g/mol. The van der Waals surface area contributed by atoms with E-state index in [9.17, 15) is 65.9 Å². The molecule has 0 radical (unpaired) electrons. The topological polar surface area (TPSA) is 29.5 Å². The van der Waals surface area contributed by atoms with Crippen molar-refractivity contribution >= 4 is 0 Å². The van der Waals surface area contributed by atoms with Gasteiger partial charge >= 0.3 is 42.1 Å². The molecule has 0 aromatic rings. The van der Waals surface area contributed by atoms with Crippen LogP contribution in [-0.2, 0) is 4.74 Å². The molecule has 0 aliphatic rings. The maximum atomic E-state index is 12.7. The van der Waals surface area contributed by atoms with Crippen LogP contribution in [0.3, 0.4) is 0 Å². The highest BCUT2D eigenvalue weighted by Crippen LogP contribution is 2.56. The fourth-order valence-electron chi connectivity index (χ4n) is 0.962. The fraction of sp³-hybridized carbons (Fsp3) is 1.00. The molecule has 25 heavy (non-hydrogen) atoms. The maximum absolute atomic E-state index is 12.7. The minimum Gasteiger partial charge on any atom is -0.390 e. The van der Waals surface area contributed by atoms with E-state index in [0.717, 1.165) is 0 Å². The fourth-order valence-corrected chi connectivity index (χ4v) is 0.962. The van der Waals surface area contributed by atoms with Gasteiger partial charge in [0.1, 0.15) is 6.61 Å². The van der Waals surface area contributed by atoms with E-state index < -0.39 is 48.7 Å². The van der Waals surface area contributed by atoms with Gasteiger partial charge in [-0.15, -0.1) is 0 Å². The summed E-state index contributed by atoms with van der Waals surface area (Å²) in [5.41, 5.74) is 0. The van der Waals surface area contributed by atoms with Crippen LogP contribution in [0.25, 0.3) is 0 Å². The van der Waals surface area contributed by atoms with Crippen molar-refractivity contribution in [1.29, 1.82) is 0 Å². The van der Waals surface area contributed by atoms with E-state index in [2.05, 4.69) is 0 Å². The van der Waals surface area contributed by atoms with Gasteiger partial charge in [-0.1, -0.05) is 0 Å². The first kappa shape index (κ1) is 23.9. The van der Waals surface area contributed by atoms with Gasteiger partial charge in [0.15, 0.2) is 0 Å². The van der Waals surface area contributed by atoms with Crippen molar-refractivity contribution in [2.45, 2.75) is 42.1 Å². The van der Waals surface area contributed by atoms with Gasteiger partial charge < -0.3 is 5.11 Å². The molecule has 1 N–H and O–H groups in total. The zero-order chi connectivity index (χ0) is 20.9. The van der Waals surface area contributed by atoms with Crippen molar-refractivity contribution in [3.05, 3.63) is 0 Å². The number of alkyl halides is 15. The smallest absolute Gasteiger partial charge is 0.390 e. The quantitative estimate of drug-likeness (QED) is 0.628. The molecule has 0 bridgehead atoms. The summed E-state index contributed by atoms with van der Waals surface area (Å²) in [7, 11) is 0. The molecule has 17 heteroatoms. The Bertz CT molecular complexity index is 478. The van der Waals surface area contributed by atoms with Gasteiger partial charge in [0, 0.05) is 0 Å². The van der Waals surface area contributed by atoms with Crippen LogP contribution in [0.5, 0.6) is 0 Å². The summed E-state index contributed by atoms with van der Waals surface area (Å²) >= 11 is 0. The van der Waals surface area contributed by atoms with Crippen molar-refractivity contribution in [3.8, 4) is 0 Å². The lowest BCUT2D eigenvalue weighted by molar-refractivity contribution is -0.513. The molecular formula is C8H3F15O2. The highest BCUT2D eigenvalue weighted by Gasteiger charge is 2.86. The molecule has 2 nitrogen and oxygen atoms in total. The van der Waals surface area contributed by atoms with Gasteiger partial charge in [-0.25, -0.2) is 4.74 Å². The molecule has 0 saturated carbocycles. The second-order valence-electron chi connectivity index (χ2n) is 4.22. The van der Waals surface area contributed by atoms with E-state index in [1.807, 2.05) is 0 Å². The molecule has 0 rings (SSSR count). The Balaban J connectivity index is 6.00. The van der Waals surface area contributed by atoms with Crippen LogP contribution in [0.2, 0.25) is 0 Å². The van der Waals surface area contributed by atoms with E-state index in [1.165, 1.54) is 4.74 Å². The van der Waals surface area contributed by atoms with Gasteiger partial charge in [0.2, 0.25) is 0 Å². The lowest BCUT2D eigenvalue weighted by atomic mass is 10.1. The van der Waals surface area contributed by atoms with Crippen molar-refractivity contribution in [1.82, 2.24) is 0 Å². The number of hydrogen-bond donors (Lipinski definition) is 1. The molecule has 0 fully saturated rings. The first-order valence-electron chi connectivity index (χ1n) is 5.16. The monoisotopic (exact) mass is 416 g/mol. The zero-order valence-corrected chi connectivity index (χ0v) is 10.7. The molecule has 0 aliphatic heterocycles. The van der Waals surface area contributed by atoms with Crippen molar-refractivity contribution in [2.24, 2.45) is 0 Å². The van der Waals surface area contributed by atoms with Gasteiger partial charge in [-0.05, 0) is 0 Å². The molecule has 0 aliphatic carbocycles.